The van der Waals surface area contributed by atoms with Crippen LogP contribution in [0.5, 0.6) is 0 Å². The fourth-order valence-electron chi connectivity index (χ4n) is 2.86. The molecular formula is C16H28N4O. The first-order valence-electron chi connectivity index (χ1n) is 7.79. The lowest BCUT2D eigenvalue weighted by molar-refractivity contribution is 0.0631. The molecule has 1 unspecified atom stereocenters. The van der Waals surface area contributed by atoms with Crippen molar-refractivity contribution in [3.8, 4) is 0 Å². The van der Waals surface area contributed by atoms with Gasteiger partial charge >= 0.3 is 0 Å². The molecule has 0 aliphatic carbocycles. The highest BCUT2D eigenvalue weighted by molar-refractivity contribution is 5.01. The van der Waals surface area contributed by atoms with Gasteiger partial charge in [0.05, 0.1) is 0 Å². The molecule has 1 saturated heterocycles. The maximum Gasteiger partial charge on any atom is 0.103 e. The predicted molar refractivity (Wildman–Crippen MR) is 85.1 cm³/mol. The van der Waals surface area contributed by atoms with Gasteiger partial charge in [0.15, 0.2) is 0 Å². The van der Waals surface area contributed by atoms with Crippen molar-refractivity contribution in [3.63, 3.8) is 0 Å². The van der Waals surface area contributed by atoms with E-state index in [1.54, 1.807) is 0 Å². The molecule has 0 saturated carbocycles. The summed E-state index contributed by atoms with van der Waals surface area (Å²) in [5.41, 5.74) is 2.53. The Balaban J connectivity index is 1.92. The Morgan fingerprint density at radius 2 is 2.29 bits per heavy atom. The standard InChI is InChI=1S/C16H28N4O/c1-13(2)4-6-20-8-7-19(12-16(20)5-9-21)11-15-10-17-14(3)18-15/h4,10,16,21H,5-9,11-12H2,1-3H3,(H,17,18). The number of aromatic nitrogens is 2. The summed E-state index contributed by atoms with van der Waals surface area (Å²) >= 11 is 0. The average molecular weight is 292 g/mol. The SMILES string of the molecule is CC(C)=CCN1CCN(Cc2cnc(C)[nH]2)CC1CCO. The number of aryl methyl sites for hydroxylation is 1. The number of hydrogen-bond donors (Lipinski definition) is 2. The molecule has 2 N–H and O–H groups in total. The Morgan fingerprint density at radius 1 is 1.48 bits per heavy atom. The van der Waals surface area contributed by atoms with Gasteiger partial charge in [-0.05, 0) is 27.2 Å². The fourth-order valence-corrected chi connectivity index (χ4v) is 2.86. The summed E-state index contributed by atoms with van der Waals surface area (Å²) in [5, 5.41) is 9.32. The molecule has 5 heteroatoms. The Labute approximate surface area is 127 Å². The van der Waals surface area contributed by atoms with Gasteiger partial charge < -0.3 is 10.1 Å². The minimum Gasteiger partial charge on any atom is -0.396 e. The normalized spacial score (nSPS) is 20.7. The van der Waals surface area contributed by atoms with E-state index in [2.05, 4.69) is 39.7 Å². The number of aliphatic hydroxyl groups excluding tert-OH is 1. The Morgan fingerprint density at radius 3 is 2.90 bits per heavy atom. The first-order valence-corrected chi connectivity index (χ1v) is 7.79. The van der Waals surface area contributed by atoms with Crippen LogP contribution in [0.25, 0.3) is 0 Å². The molecule has 1 fully saturated rings. The van der Waals surface area contributed by atoms with Gasteiger partial charge in [0.25, 0.3) is 0 Å². The number of H-pyrrole nitrogens is 1. The van der Waals surface area contributed by atoms with Crippen molar-refractivity contribution >= 4 is 0 Å². The molecule has 118 valence electrons. The lowest BCUT2D eigenvalue weighted by Crippen LogP contribution is -2.53. The molecule has 0 bridgehead atoms. The van der Waals surface area contributed by atoms with Crippen LogP contribution < -0.4 is 0 Å². The minimum absolute atomic E-state index is 0.257. The van der Waals surface area contributed by atoms with Crippen LogP contribution in [0.15, 0.2) is 17.8 Å². The maximum atomic E-state index is 9.32. The van der Waals surface area contributed by atoms with Gasteiger partial charge in [-0.25, -0.2) is 4.98 Å². The number of aromatic amines is 1. The zero-order chi connectivity index (χ0) is 15.2. The van der Waals surface area contributed by atoms with Crippen molar-refractivity contribution in [3.05, 3.63) is 29.4 Å². The number of imidazole rings is 1. The van der Waals surface area contributed by atoms with Crippen molar-refractivity contribution in [2.75, 3.05) is 32.8 Å². The number of hydrogen-bond acceptors (Lipinski definition) is 4. The second-order valence-corrected chi connectivity index (χ2v) is 6.17. The van der Waals surface area contributed by atoms with Gasteiger partial charge in [-0.3, -0.25) is 9.80 Å². The summed E-state index contributed by atoms with van der Waals surface area (Å²) in [4.78, 5) is 12.5. The topological polar surface area (TPSA) is 55.4 Å². The van der Waals surface area contributed by atoms with Crippen molar-refractivity contribution in [1.82, 2.24) is 19.8 Å². The van der Waals surface area contributed by atoms with E-state index in [0.717, 1.165) is 45.0 Å². The summed E-state index contributed by atoms with van der Waals surface area (Å²) < 4.78 is 0. The second kappa shape index (κ2) is 7.73. The third-order valence-corrected chi connectivity index (χ3v) is 4.03. The van der Waals surface area contributed by atoms with E-state index in [4.69, 9.17) is 0 Å². The van der Waals surface area contributed by atoms with E-state index in [1.165, 1.54) is 11.3 Å². The molecular weight excluding hydrogens is 264 g/mol. The molecule has 21 heavy (non-hydrogen) atoms. The van der Waals surface area contributed by atoms with Crippen molar-refractivity contribution < 1.29 is 5.11 Å². The smallest absolute Gasteiger partial charge is 0.103 e. The van der Waals surface area contributed by atoms with E-state index in [1.807, 2.05) is 13.1 Å². The third-order valence-electron chi connectivity index (χ3n) is 4.03. The summed E-state index contributed by atoms with van der Waals surface area (Å²) in [6.45, 7) is 11.6. The quantitative estimate of drug-likeness (QED) is 0.781. The monoisotopic (exact) mass is 292 g/mol. The van der Waals surface area contributed by atoms with E-state index in [-0.39, 0.29) is 6.61 Å². The van der Waals surface area contributed by atoms with Crippen LogP contribution in [0.4, 0.5) is 0 Å². The van der Waals surface area contributed by atoms with E-state index in [9.17, 15) is 5.11 Å². The van der Waals surface area contributed by atoms with E-state index in [0.29, 0.717) is 6.04 Å². The van der Waals surface area contributed by atoms with Gasteiger partial charge in [-0.1, -0.05) is 11.6 Å². The zero-order valence-corrected chi connectivity index (χ0v) is 13.5. The number of rotatable bonds is 6. The highest BCUT2D eigenvalue weighted by Crippen LogP contribution is 2.15. The second-order valence-electron chi connectivity index (χ2n) is 6.17. The summed E-state index contributed by atoms with van der Waals surface area (Å²) in [5.74, 6) is 0.971. The Kier molecular flexibility index (Phi) is 5.96. The van der Waals surface area contributed by atoms with E-state index < -0.39 is 0 Å². The highest BCUT2D eigenvalue weighted by Gasteiger charge is 2.26. The van der Waals surface area contributed by atoms with Crippen molar-refractivity contribution in [2.45, 2.75) is 39.8 Å². The first kappa shape index (κ1) is 16.2. The molecule has 2 rings (SSSR count). The minimum atomic E-state index is 0.257. The molecule has 5 nitrogen and oxygen atoms in total. The highest BCUT2D eigenvalue weighted by atomic mass is 16.3. The van der Waals surface area contributed by atoms with Crippen LogP contribution in [-0.4, -0.2) is 63.7 Å². The van der Waals surface area contributed by atoms with Crippen LogP contribution in [-0.2, 0) is 6.54 Å². The van der Waals surface area contributed by atoms with Crippen LogP contribution in [0.2, 0.25) is 0 Å². The number of allylic oxidation sites excluding steroid dienone is 1. The van der Waals surface area contributed by atoms with Crippen LogP contribution in [0.1, 0.15) is 31.8 Å². The number of nitrogens with one attached hydrogen (secondary N) is 1. The maximum absolute atomic E-state index is 9.32. The van der Waals surface area contributed by atoms with Crippen LogP contribution >= 0.6 is 0 Å². The lowest BCUT2D eigenvalue weighted by atomic mass is 10.1. The molecule has 2 heterocycles. The third kappa shape index (κ3) is 4.95. The molecule has 0 aromatic carbocycles. The van der Waals surface area contributed by atoms with Gasteiger partial charge in [-0.2, -0.15) is 0 Å². The van der Waals surface area contributed by atoms with Crippen LogP contribution in [0, 0.1) is 6.92 Å². The number of nitrogens with zero attached hydrogens (tertiary/aromatic N) is 3. The fraction of sp³-hybridized carbons (Fsp3) is 0.688. The molecule has 1 aliphatic rings. The first-order chi connectivity index (χ1) is 10.1. The van der Waals surface area contributed by atoms with Gasteiger partial charge in [0.2, 0.25) is 0 Å². The number of aliphatic hydroxyl groups is 1. The molecule has 0 spiro atoms. The molecule has 1 aliphatic heterocycles. The lowest BCUT2D eigenvalue weighted by Gasteiger charge is -2.41. The van der Waals surface area contributed by atoms with Gasteiger partial charge in [-0.15, -0.1) is 0 Å². The number of piperazine rings is 1. The summed E-state index contributed by atoms with van der Waals surface area (Å²) in [7, 11) is 0. The molecule has 1 aromatic heterocycles. The van der Waals surface area contributed by atoms with Crippen molar-refractivity contribution in [2.24, 2.45) is 0 Å². The van der Waals surface area contributed by atoms with E-state index >= 15 is 0 Å². The van der Waals surface area contributed by atoms with Crippen molar-refractivity contribution in [1.29, 1.82) is 0 Å². The van der Waals surface area contributed by atoms with Gasteiger partial charge in [0.1, 0.15) is 5.82 Å². The Bertz CT molecular complexity index is 465. The molecule has 0 radical (unpaired) electrons. The summed E-state index contributed by atoms with van der Waals surface area (Å²) in [6.07, 6.45) is 5.04. The Hall–Kier alpha value is -1.17. The van der Waals surface area contributed by atoms with Crippen LogP contribution in [0.3, 0.4) is 0 Å². The average Bonchev–Trinajstić information content (AvgIpc) is 2.83. The summed E-state index contributed by atoms with van der Waals surface area (Å²) in [6, 6.07) is 0.434. The molecule has 0 amide bonds. The van der Waals surface area contributed by atoms with Gasteiger partial charge in [0, 0.05) is 57.3 Å². The molecule has 1 aromatic rings. The molecule has 1 atom stereocenters. The predicted octanol–water partition coefficient (Wildman–Crippen LogP) is 1.55. The largest absolute Gasteiger partial charge is 0.396 e. The zero-order valence-electron chi connectivity index (χ0n) is 13.5.